The number of fused-ring (bicyclic) bond motifs is 1. The van der Waals surface area contributed by atoms with Crippen molar-refractivity contribution in [2.75, 3.05) is 7.11 Å². The van der Waals surface area contributed by atoms with Gasteiger partial charge in [0.05, 0.1) is 7.11 Å². The number of phenolic OH excluding ortho intramolecular Hbond substituents is 1. The Bertz CT molecular complexity index is 694. The van der Waals surface area contributed by atoms with Gasteiger partial charge >= 0.3 is 12.1 Å². The SMILES string of the molecule is COC(=O)C(O)(Cc1ccc(O)c2c1CCCC2)NC(=O)OC(C)(C)C. The molecule has 144 valence electrons. The minimum atomic E-state index is -2.26. The van der Waals surface area contributed by atoms with Gasteiger partial charge in [-0.05, 0) is 69.2 Å². The van der Waals surface area contributed by atoms with Crippen LogP contribution < -0.4 is 5.32 Å². The summed E-state index contributed by atoms with van der Waals surface area (Å²) < 4.78 is 9.82. The molecule has 1 aliphatic carbocycles. The molecule has 1 aromatic rings. The topological polar surface area (TPSA) is 105 Å². The van der Waals surface area contributed by atoms with Gasteiger partial charge in [-0.1, -0.05) is 6.07 Å². The lowest BCUT2D eigenvalue weighted by molar-refractivity contribution is -0.165. The molecular formula is C19H27NO6. The zero-order valence-corrected chi connectivity index (χ0v) is 15.7. The van der Waals surface area contributed by atoms with Crippen molar-refractivity contribution in [1.29, 1.82) is 0 Å². The standard InChI is InChI=1S/C19H27NO6/c1-18(2,3)26-17(23)20-19(24,16(22)25-4)11-12-9-10-15(21)14-8-6-5-7-13(12)14/h9-10,21,24H,5-8,11H2,1-4H3,(H,20,23). The van der Waals surface area contributed by atoms with E-state index < -0.39 is 23.4 Å². The number of hydrogen-bond donors (Lipinski definition) is 3. The van der Waals surface area contributed by atoms with Gasteiger partial charge in [0.2, 0.25) is 5.72 Å². The van der Waals surface area contributed by atoms with Crippen LogP contribution in [0.25, 0.3) is 0 Å². The molecule has 0 heterocycles. The van der Waals surface area contributed by atoms with Gasteiger partial charge < -0.3 is 19.7 Å². The summed E-state index contributed by atoms with van der Waals surface area (Å²) in [5, 5.41) is 23.1. The van der Waals surface area contributed by atoms with Crippen molar-refractivity contribution in [2.45, 2.75) is 64.2 Å². The van der Waals surface area contributed by atoms with E-state index in [9.17, 15) is 19.8 Å². The molecule has 7 heteroatoms. The average Bonchev–Trinajstić information content (AvgIpc) is 2.55. The van der Waals surface area contributed by atoms with Crippen molar-refractivity contribution < 1.29 is 29.3 Å². The molecule has 7 nitrogen and oxygen atoms in total. The maximum Gasteiger partial charge on any atom is 0.410 e. The lowest BCUT2D eigenvalue weighted by Crippen LogP contribution is -2.57. The zero-order valence-electron chi connectivity index (χ0n) is 15.7. The van der Waals surface area contributed by atoms with Gasteiger partial charge in [-0.25, -0.2) is 9.59 Å². The van der Waals surface area contributed by atoms with Crippen molar-refractivity contribution >= 4 is 12.1 Å². The third-order valence-electron chi connectivity index (χ3n) is 4.28. The fraction of sp³-hybridized carbons (Fsp3) is 0.579. The third kappa shape index (κ3) is 4.66. The predicted octanol–water partition coefficient (Wildman–Crippen LogP) is 2.20. The van der Waals surface area contributed by atoms with Crippen LogP contribution in [0.5, 0.6) is 5.75 Å². The number of nitrogens with one attached hydrogen (secondary N) is 1. The molecule has 0 radical (unpaired) electrons. The Morgan fingerprint density at radius 2 is 1.77 bits per heavy atom. The summed E-state index contributed by atoms with van der Waals surface area (Å²) in [5.74, 6) is -0.772. The van der Waals surface area contributed by atoms with Gasteiger partial charge in [-0.3, -0.25) is 5.32 Å². The van der Waals surface area contributed by atoms with Crippen LogP contribution in [-0.2, 0) is 33.5 Å². The van der Waals surface area contributed by atoms with Gasteiger partial charge in [-0.15, -0.1) is 0 Å². The molecule has 1 amide bonds. The van der Waals surface area contributed by atoms with Crippen molar-refractivity contribution in [2.24, 2.45) is 0 Å². The van der Waals surface area contributed by atoms with Crippen molar-refractivity contribution in [3.05, 3.63) is 28.8 Å². The molecule has 0 saturated carbocycles. The molecule has 1 unspecified atom stereocenters. The second kappa shape index (κ2) is 7.53. The Morgan fingerprint density at radius 1 is 1.15 bits per heavy atom. The highest BCUT2D eigenvalue weighted by atomic mass is 16.6. The second-order valence-corrected chi connectivity index (χ2v) is 7.56. The van der Waals surface area contributed by atoms with Crippen LogP contribution in [0.3, 0.4) is 0 Å². The van der Waals surface area contributed by atoms with Crippen LogP contribution in [-0.4, -0.2) is 40.7 Å². The highest BCUT2D eigenvalue weighted by Gasteiger charge is 2.41. The largest absolute Gasteiger partial charge is 0.508 e. The van der Waals surface area contributed by atoms with E-state index in [1.54, 1.807) is 32.9 Å². The summed E-state index contributed by atoms with van der Waals surface area (Å²) >= 11 is 0. The maximum absolute atomic E-state index is 12.2. The zero-order chi connectivity index (χ0) is 19.5. The van der Waals surface area contributed by atoms with E-state index in [0.717, 1.165) is 43.9 Å². The van der Waals surface area contributed by atoms with E-state index in [4.69, 9.17) is 4.74 Å². The monoisotopic (exact) mass is 365 g/mol. The average molecular weight is 365 g/mol. The van der Waals surface area contributed by atoms with Crippen LogP contribution in [0.4, 0.5) is 4.79 Å². The molecule has 3 N–H and O–H groups in total. The number of carbonyl (C=O) groups excluding carboxylic acids is 2. The van der Waals surface area contributed by atoms with Gasteiger partial charge in [0.1, 0.15) is 11.4 Å². The maximum atomic E-state index is 12.2. The van der Waals surface area contributed by atoms with E-state index in [1.807, 2.05) is 0 Å². The molecular weight excluding hydrogens is 338 g/mol. The van der Waals surface area contributed by atoms with Gasteiger partial charge in [0.15, 0.2) is 0 Å². The first-order valence-corrected chi connectivity index (χ1v) is 8.70. The first-order chi connectivity index (χ1) is 12.1. The van der Waals surface area contributed by atoms with Crippen LogP contribution >= 0.6 is 0 Å². The minimum absolute atomic E-state index is 0.179. The van der Waals surface area contributed by atoms with Gasteiger partial charge in [-0.2, -0.15) is 0 Å². The molecule has 26 heavy (non-hydrogen) atoms. The lowest BCUT2D eigenvalue weighted by Gasteiger charge is -2.30. The van der Waals surface area contributed by atoms with Crippen LogP contribution in [0.15, 0.2) is 12.1 Å². The fourth-order valence-corrected chi connectivity index (χ4v) is 3.17. The predicted molar refractivity (Wildman–Crippen MR) is 94.8 cm³/mol. The number of esters is 1. The van der Waals surface area contributed by atoms with E-state index in [2.05, 4.69) is 10.1 Å². The number of aromatic hydroxyl groups is 1. The summed E-state index contributed by atoms with van der Waals surface area (Å²) in [7, 11) is 1.14. The second-order valence-electron chi connectivity index (χ2n) is 7.56. The molecule has 1 aromatic carbocycles. The number of benzene rings is 1. The molecule has 1 aliphatic rings. The normalized spacial score (nSPS) is 16.2. The van der Waals surface area contributed by atoms with E-state index in [0.29, 0.717) is 5.56 Å². The Kier molecular flexibility index (Phi) is 5.81. The first kappa shape index (κ1) is 20.0. The first-order valence-electron chi connectivity index (χ1n) is 8.70. The van der Waals surface area contributed by atoms with Crippen LogP contribution in [0.1, 0.15) is 50.3 Å². The molecule has 0 fully saturated rings. The highest BCUT2D eigenvalue weighted by molar-refractivity contribution is 5.84. The quantitative estimate of drug-likeness (QED) is 0.558. The van der Waals surface area contributed by atoms with Crippen molar-refractivity contribution in [1.82, 2.24) is 5.32 Å². The number of carbonyl (C=O) groups is 2. The van der Waals surface area contributed by atoms with E-state index in [1.165, 1.54) is 0 Å². The molecule has 0 spiro atoms. The van der Waals surface area contributed by atoms with Crippen molar-refractivity contribution in [3.8, 4) is 5.75 Å². The Hall–Kier alpha value is -2.28. The van der Waals surface area contributed by atoms with E-state index in [-0.39, 0.29) is 12.2 Å². The van der Waals surface area contributed by atoms with Crippen LogP contribution in [0, 0.1) is 0 Å². The Labute approximate surface area is 153 Å². The molecule has 0 aromatic heterocycles. The highest BCUT2D eigenvalue weighted by Crippen LogP contribution is 2.33. The minimum Gasteiger partial charge on any atom is -0.508 e. The van der Waals surface area contributed by atoms with E-state index >= 15 is 0 Å². The number of amides is 1. The number of methoxy groups -OCH3 is 1. The number of hydrogen-bond acceptors (Lipinski definition) is 6. The summed E-state index contributed by atoms with van der Waals surface area (Å²) in [6.07, 6.45) is 2.31. The van der Waals surface area contributed by atoms with Gasteiger partial charge in [0.25, 0.3) is 0 Å². The van der Waals surface area contributed by atoms with Crippen molar-refractivity contribution in [3.63, 3.8) is 0 Å². The fourth-order valence-electron chi connectivity index (χ4n) is 3.17. The van der Waals surface area contributed by atoms with Crippen LogP contribution in [0.2, 0.25) is 0 Å². The summed E-state index contributed by atoms with van der Waals surface area (Å²) in [4.78, 5) is 24.3. The Morgan fingerprint density at radius 3 is 2.35 bits per heavy atom. The molecule has 0 aliphatic heterocycles. The Balaban J connectivity index is 2.31. The molecule has 0 bridgehead atoms. The molecule has 2 rings (SSSR count). The number of phenols is 1. The third-order valence-corrected chi connectivity index (χ3v) is 4.28. The summed E-state index contributed by atoms with van der Waals surface area (Å²) in [6.45, 7) is 5.04. The summed E-state index contributed by atoms with van der Waals surface area (Å²) in [5.41, 5.74) is -0.623. The number of ether oxygens (including phenoxy) is 2. The number of rotatable bonds is 4. The number of aliphatic hydroxyl groups is 1. The smallest absolute Gasteiger partial charge is 0.410 e. The number of alkyl carbamates (subject to hydrolysis) is 1. The summed E-state index contributed by atoms with van der Waals surface area (Å²) in [6, 6.07) is 3.20. The lowest BCUT2D eigenvalue weighted by atomic mass is 9.85. The molecule has 0 saturated heterocycles. The van der Waals surface area contributed by atoms with Gasteiger partial charge in [0, 0.05) is 6.42 Å². The molecule has 1 atom stereocenters.